The van der Waals surface area contributed by atoms with Gasteiger partial charge in [0.2, 0.25) is 0 Å². The second kappa shape index (κ2) is 16.4. The van der Waals surface area contributed by atoms with E-state index in [0.717, 1.165) is 0 Å². The summed E-state index contributed by atoms with van der Waals surface area (Å²) in [5, 5.41) is 5.49. The molecule has 6 rings (SSSR count). The summed E-state index contributed by atoms with van der Waals surface area (Å²) >= 11 is 1.47. The Morgan fingerprint density at radius 1 is 0.689 bits per heavy atom. The van der Waals surface area contributed by atoms with Crippen LogP contribution in [0.1, 0.15) is 83.2 Å². The minimum Gasteiger partial charge on any atom is -1.00 e. The van der Waals surface area contributed by atoms with Crippen LogP contribution in [0.2, 0.25) is 0 Å². The van der Waals surface area contributed by atoms with E-state index >= 15 is 0 Å². The number of fused-ring (bicyclic) bond motifs is 3. The van der Waals surface area contributed by atoms with Gasteiger partial charge >= 0.3 is 70.3 Å². The van der Waals surface area contributed by atoms with Crippen LogP contribution in [0.25, 0.3) is 27.1 Å². The molecule has 3 heteroatoms. The molecule has 45 heavy (non-hydrogen) atoms. The van der Waals surface area contributed by atoms with Crippen molar-refractivity contribution in [3.8, 4) is 0 Å². The van der Waals surface area contributed by atoms with E-state index in [4.69, 9.17) is 0 Å². The van der Waals surface area contributed by atoms with Crippen LogP contribution >= 0.6 is 0 Å². The molecule has 0 aromatic heterocycles. The fourth-order valence-electron chi connectivity index (χ4n) is 5.36. The molecule has 1 aliphatic rings. The fraction of sp³-hybridized carbons (Fsp3) is 0.286. The van der Waals surface area contributed by atoms with E-state index in [1.807, 2.05) is 6.07 Å². The number of hydrogen-bond acceptors (Lipinski definition) is 0. The number of benzene rings is 4. The van der Waals surface area contributed by atoms with Gasteiger partial charge in [0.25, 0.3) is 0 Å². The van der Waals surface area contributed by atoms with Gasteiger partial charge < -0.3 is 24.8 Å². The van der Waals surface area contributed by atoms with Gasteiger partial charge in [-0.1, -0.05) is 127 Å². The number of rotatable bonds is 2. The summed E-state index contributed by atoms with van der Waals surface area (Å²) in [4.78, 5) is 0. The summed E-state index contributed by atoms with van der Waals surface area (Å²) in [6.45, 7) is 20.1. The van der Waals surface area contributed by atoms with Crippen molar-refractivity contribution in [1.29, 1.82) is 0 Å². The Morgan fingerprint density at radius 2 is 1.18 bits per heavy atom. The van der Waals surface area contributed by atoms with Crippen LogP contribution in [-0.4, -0.2) is 3.71 Å². The zero-order valence-corrected chi connectivity index (χ0v) is 32.2. The molecule has 5 aromatic carbocycles. The molecule has 0 nitrogen and oxygen atoms in total. The molecule has 0 amide bonds. The number of allylic oxidation sites excluding steroid dienone is 4. The molecular weight excluding hydrogens is 667 g/mol. The Labute approximate surface area is 299 Å². The van der Waals surface area contributed by atoms with E-state index in [1.54, 1.807) is 0 Å². The Morgan fingerprint density at radius 3 is 1.58 bits per heavy atom. The van der Waals surface area contributed by atoms with Gasteiger partial charge in [-0.3, -0.25) is 6.08 Å². The topological polar surface area (TPSA) is 0 Å². The molecule has 234 valence electrons. The molecule has 0 aliphatic heterocycles. The maximum Gasteiger partial charge on any atom is -1.00 e. The zero-order valence-electron chi connectivity index (χ0n) is 28.2. The van der Waals surface area contributed by atoms with Gasteiger partial charge in [-0.25, -0.2) is 5.57 Å². The van der Waals surface area contributed by atoms with Gasteiger partial charge in [-0.15, -0.1) is 45.3 Å². The average molecular weight is 713 g/mol. The zero-order chi connectivity index (χ0) is 31.4. The van der Waals surface area contributed by atoms with Crippen molar-refractivity contribution in [2.75, 3.05) is 0 Å². The summed E-state index contributed by atoms with van der Waals surface area (Å²) < 4.78 is 2.19. The second-order valence-corrected chi connectivity index (χ2v) is 14.5. The van der Waals surface area contributed by atoms with Crippen molar-refractivity contribution < 1.29 is 49.0 Å². The minimum absolute atomic E-state index is 0. The van der Waals surface area contributed by atoms with Gasteiger partial charge in [-0.2, -0.15) is 11.6 Å². The fourth-order valence-corrected chi connectivity index (χ4v) is 5.83. The maximum atomic E-state index is 3.39. The number of halogens is 2. The van der Waals surface area contributed by atoms with Crippen molar-refractivity contribution in [1.82, 2.24) is 0 Å². The first-order valence-corrected chi connectivity index (χ1v) is 16.8. The normalized spacial score (nSPS) is 14.2. The predicted molar refractivity (Wildman–Crippen MR) is 187 cm³/mol. The third-order valence-electron chi connectivity index (χ3n) is 8.03. The molecule has 0 bridgehead atoms. The first kappa shape index (κ1) is 38.7. The molecule has 0 heterocycles. The molecule has 1 atom stereocenters. The summed E-state index contributed by atoms with van der Waals surface area (Å²) in [5.74, 6) is 0.468. The third-order valence-corrected chi connectivity index (χ3v) is 8.85. The summed E-state index contributed by atoms with van der Waals surface area (Å²) in [5.41, 5.74) is 9.78. The van der Waals surface area contributed by atoms with E-state index in [9.17, 15) is 0 Å². The van der Waals surface area contributed by atoms with Crippen LogP contribution in [0, 0.1) is 18.9 Å². The van der Waals surface area contributed by atoms with Crippen LogP contribution in [0.3, 0.4) is 0 Å². The Balaban J connectivity index is 0.000000252. The summed E-state index contributed by atoms with van der Waals surface area (Å²) in [7, 11) is 0. The van der Waals surface area contributed by atoms with Gasteiger partial charge in [-0.05, 0) is 10.8 Å². The van der Waals surface area contributed by atoms with E-state index in [0.29, 0.717) is 5.92 Å². The Kier molecular flexibility index (Phi) is 14.1. The van der Waals surface area contributed by atoms with Crippen molar-refractivity contribution in [2.45, 2.75) is 73.1 Å². The standard InChI is InChI=1S/C21H25.C13H13.C8H8.2ClH.Zr/c1-20(2,3)16-9-7-14-11-15-8-10-17(21(4,5)6)13-19(15)18(14)12-16;1-10-8-11(2)13(9-10)12-6-4-3-5-7-12;1-7-3-5-8(2)6-4-7;;;/h7-13H,1-6H3;3-7,9-10H,1-2H3;1,3-6H,2H3;2*1H;/q2*-1;;;;+2/p-2. The quantitative estimate of drug-likeness (QED) is 0.213. The molecule has 5 aromatic rings. The van der Waals surface area contributed by atoms with Crippen molar-refractivity contribution in [3.05, 3.63) is 143 Å². The van der Waals surface area contributed by atoms with E-state index in [-0.39, 0.29) is 35.6 Å². The second-order valence-electron chi connectivity index (χ2n) is 13.8. The summed E-state index contributed by atoms with van der Waals surface area (Å²) in [6, 6.07) is 35.2. The molecule has 0 radical (unpaired) electrons. The molecular formula is C42H46Cl2Zr-2. The smallest absolute Gasteiger partial charge is 1.00 e. The Hall–Kier alpha value is -2.44. The van der Waals surface area contributed by atoms with Crippen LogP contribution in [-0.2, 0) is 35.1 Å². The monoisotopic (exact) mass is 710 g/mol. The number of aryl methyl sites for hydroxylation is 1. The average Bonchev–Trinajstić information content (AvgIpc) is 3.51. The minimum atomic E-state index is 0. The molecule has 1 aliphatic carbocycles. The van der Waals surface area contributed by atoms with E-state index < -0.39 is 0 Å². The molecule has 0 spiro atoms. The first-order valence-electron chi connectivity index (χ1n) is 15.4. The van der Waals surface area contributed by atoms with Crippen LogP contribution < -0.4 is 24.8 Å². The SMILES string of the molecule is CC(C)(C)c1ccc2[cH-]c3ccc(C(C)(C)C)cc3c2c1.CC1=[C-]C(C)C=C1c1ccccc1.Cc1ccc([CH]=[Zr+2])cc1.[Cl-].[Cl-]. The molecule has 0 N–H and O–H groups in total. The largest absolute Gasteiger partial charge is 1.00 e. The predicted octanol–water partition coefficient (Wildman–Crippen LogP) is 5.48. The van der Waals surface area contributed by atoms with Crippen molar-refractivity contribution >= 4 is 30.8 Å². The third kappa shape index (κ3) is 10.3. The molecule has 1 unspecified atom stereocenters. The van der Waals surface area contributed by atoms with Gasteiger partial charge in [0.05, 0.1) is 0 Å². The number of hydrogen-bond donors (Lipinski definition) is 0. The Bertz CT molecular complexity index is 1690. The van der Waals surface area contributed by atoms with Gasteiger partial charge in [0.1, 0.15) is 0 Å². The van der Waals surface area contributed by atoms with Crippen molar-refractivity contribution in [2.24, 2.45) is 5.92 Å². The van der Waals surface area contributed by atoms with Crippen LogP contribution in [0.5, 0.6) is 0 Å². The van der Waals surface area contributed by atoms with Crippen LogP contribution in [0.4, 0.5) is 0 Å². The maximum absolute atomic E-state index is 3.39. The van der Waals surface area contributed by atoms with Crippen LogP contribution in [0.15, 0.2) is 109 Å². The molecule has 0 saturated heterocycles. The molecule has 0 fully saturated rings. The first-order chi connectivity index (χ1) is 20.3. The molecule has 0 saturated carbocycles. The summed E-state index contributed by atoms with van der Waals surface area (Å²) in [6.07, 6.45) is 5.66. The van der Waals surface area contributed by atoms with Gasteiger partial charge in [0.15, 0.2) is 0 Å². The van der Waals surface area contributed by atoms with Gasteiger partial charge in [0, 0.05) is 0 Å². The van der Waals surface area contributed by atoms with E-state index in [1.165, 1.54) is 84.7 Å². The van der Waals surface area contributed by atoms with Crippen molar-refractivity contribution in [3.63, 3.8) is 0 Å². The van der Waals surface area contributed by atoms with E-state index in [2.05, 4.69) is 169 Å².